The first-order valence-corrected chi connectivity index (χ1v) is 11.4. The highest BCUT2D eigenvalue weighted by atomic mass is 16.1. The van der Waals surface area contributed by atoms with Crippen LogP contribution in [-0.2, 0) is 6.54 Å². The Balaban J connectivity index is 1.40. The summed E-state index contributed by atoms with van der Waals surface area (Å²) in [5.41, 5.74) is 2.87. The van der Waals surface area contributed by atoms with Crippen molar-refractivity contribution in [3.05, 3.63) is 83.7 Å². The van der Waals surface area contributed by atoms with E-state index in [1.54, 1.807) is 23.1 Å². The zero-order valence-electron chi connectivity index (χ0n) is 19.1. The Morgan fingerprint density at radius 3 is 2.67 bits per heavy atom. The van der Waals surface area contributed by atoms with Gasteiger partial charge < -0.3 is 5.32 Å². The highest BCUT2D eigenvalue weighted by Crippen LogP contribution is 2.24. The van der Waals surface area contributed by atoms with E-state index in [-0.39, 0.29) is 10.9 Å². The van der Waals surface area contributed by atoms with Crippen molar-refractivity contribution in [2.24, 2.45) is 0 Å². The topological polar surface area (TPSA) is 121 Å². The largest absolute Gasteiger partial charge is 0.324 e. The lowest BCUT2D eigenvalue weighted by molar-refractivity contribution is 0.668. The second-order valence-electron chi connectivity index (χ2n) is 8.24. The number of fused-ring (bicyclic) bond motifs is 5. The number of aromatic nitrogens is 9. The van der Waals surface area contributed by atoms with Gasteiger partial charge in [0.1, 0.15) is 5.39 Å². The first-order valence-electron chi connectivity index (χ1n) is 11.4. The van der Waals surface area contributed by atoms with E-state index in [9.17, 15) is 4.79 Å². The van der Waals surface area contributed by atoms with E-state index in [1.807, 2.05) is 60.3 Å². The maximum Gasteiger partial charge on any atom is 0.284 e. The summed E-state index contributed by atoms with van der Waals surface area (Å²) in [6.45, 7) is 2.85. The van der Waals surface area contributed by atoms with Crippen LogP contribution in [0.3, 0.4) is 0 Å². The standard InChI is InChI=1S/C25H18N10O/c1-2-33-14-15-8-9-16(12-19(15)32-33)29-24-28-13-18-21(31-24)30-22-17-6-3-4-7-20(17)34(35(22)23(18)36)25-26-10-5-11-27-25/h3-14H,2H2,1H3,(H,28,29,31). The van der Waals surface area contributed by atoms with Crippen molar-refractivity contribution >= 4 is 50.1 Å². The monoisotopic (exact) mass is 474 g/mol. The highest BCUT2D eigenvalue weighted by Gasteiger charge is 2.19. The van der Waals surface area contributed by atoms with Gasteiger partial charge in [0.2, 0.25) is 11.9 Å². The molecule has 5 heterocycles. The van der Waals surface area contributed by atoms with Crippen LogP contribution in [0.1, 0.15) is 6.92 Å². The van der Waals surface area contributed by atoms with Gasteiger partial charge in [0.15, 0.2) is 11.3 Å². The van der Waals surface area contributed by atoms with Crippen LogP contribution in [0, 0.1) is 0 Å². The lowest BCUT2D eigenvalue weighted by Gasteiger charge is -2.07. The van der Waals surface area contributed by atoms with Gasteiger partial charge in [-0.05, 0) is 43.3 Å². The molecular formula is C25H18N10O. The Labute approximate surface area is 202 Å². The Hall–Kier alpha value is -5.19. The van der Waals surface area contributed by atoms with Crippen molar-refractivity contribution in [1.82, 2.24) is 43.9 Å². The summed E-state index contributed by atoms with van der Waals surface area (Å²) in [6, 6.07) is 15.2. The third kappa shape index (κ3) is 3.03. The van der Waals surface area contributed by atoms with Crippen LogP contribution in [0.15, 0.2) is 78.1 Å². The number of anilines is 2. The van der Waals surface area contributed by atoms with E-state index in [1.165, 1.54) is 10.7 Å². The van der Waals surface area contributed by atoms with Crippen LogP contribution in [0.25, 0.3) is 44.4 Å². The van der Waals surface area contributed by atoms with Gasteiger partial charge in [0, 0.05) is 47.8 Å². The Morgan fingerprint density at radius 2 is 1.81 bits per heavy atom. The summed E-state index contributed by atoms with van der Waals surface area (Å²) in [7, 11) is 0. The zero-order valence-corrected chi connectivity index (χ0v) is 19.1. The Bertz CT molecular complexity index is 1990. The minimum absolute atomic E-state index is 0.287. The highest BCUT2D eigenvalue weighted by molar-refractivity contribution is 5.95. The van der Waals surface area contributed by atoms with Crippen LogP contribution in [0.4, 0.5) is 11.6 Å². The van der Waals surface area contributed by atoms with Crippen LogP contribution >= 0.6 is 0 Å². The molecule has 0 fully saturated rings. The third-order valence-corrected chi connectivity index (χ3v) is 6.05. The molecule has 0 amide bonds. The van der Waals surface area contributed by atoms with E-state index in [0.29, 0.717) is 23.2 Å². The lowest BCUT2D eigenvalue weighted by Crippen LogP contribution is -2.22. The number of hydrogen-bond donors (Lipinski definition) is 1. The van der Waals surface area contributed by atoms with Crippen molar-refractivity contribution in [3.63, 3.8) is 0 Å². The Kier molecular flexibility index (Phi) is 4.30. The molecule has 36 heavy (non-hydrogen) atoms. The number of rotatable bonds is 4. The van der Waals surface area contributed by atoms with Crippen molar-refractivity contribution in [3.8, 4) is 5.95 Å². The molecule has 174 valence electrons. The molecule has 0 aliphatic rings. The van der Waals surface area contributed by atoms with E-state index < -0.39 is 0 Å². The van der Waals surface area contributed by atoms with Crippen LogP contribution in [0.2, 0.25) is 0 Å². The molecule has 0 radical (unpaired) electrons. The molecule has 7 rings (SSSR count). The molecule has 0 aliphatic carbocycles. The van der Waals surface area contributed by atoms with Gasteiger partial charge in [0.05, 0.1) is 11.0 Å². The fraction of sp³-hybridized carbons (Fsp3) is 0.0800. The fourth-order valence-corrected chi connectivity index (χ4v) is 4.38. The number of nitrogens with one attached hydrogen (secondary N) is 1. The summed E-state index contributed by atoms with van der Waals surface area (Å²) in [4.78, 5) is 36.0. The predicted octanol–water partition coefficient (Wildman–Crippen LogP) is 3.48. The Morgan fingerprint density at radius 1 is 0.944 bits per heavy atom. The fourth-order valence-electron chi connectivity index (χ4n) is 4.38. The SMILES string of the molecule is CCn1cc2ccc(Nc3ncc4c(=O)n5c(nc4n3)c3ccccc3n5-c3ncccn3)cc2n1. The van der Waals surface area contributed by atoms with Crippen LogP contribution in [0.5, 0.6) is 0 Å². The quantitative estimate of drug-likeness (QED) is 0.412. The first-order chi connectivity index (χ1) is 17.7. The van der Waals surface area contributed by atoms with Gasteiger partial charge in [-0.25, -0.2) is 24.6 Å². The predicted molar refractivity (Wildman–Crippen MR) is 136 cm³/mol. The molecule has 0 spiro atoms. The van der Waals surface area contributed by atoms with Gasteiger partial charge in [-0.15, -0.1) is 0 Å². The number of nitrogens with zero attached hydrogens (tertiary/aromatic N) is 9. The minimum Gasteiger partial charge on any atom is -0.324 e. The molecular weight excluding hydrogens is 456 g/mol. The second-order valence-corrected chi connectivity index (χ2v) is 8.24. The number of hydrogen-bond acceptors (Lipinski definition) is 8. The molecule has 0 unspecified atom stereocenters. The normalized spacial score (nSPS) is 11.7. The summed E-state index contributed by atoms with van der Waals surface area (Å²) in [6.07, 6.45) is 6.76. The zero-order chi connectivity index (χ0) is 24.2. The molecule has 11 nitrogen and oxygen atoms in total. The smallest absolute Gasteiger partial charge is 0.284 e. The van der Waals surface area contributed by atoms with Crippen molar-refractivity contribution in [1.29, 1.82) is 0 Å². The average Bonchev–Trinajstić information content (AvgIpc) is 3.48. The third-order valence-electron chi connectivity index (χ3n) is 6.05. The van der Waals surface area contributed by atoms with E-state index in [4.69, 9.17) is 4.98 Å². The molecule has 0 saturated heterocycles. The van der Waals surface area contributed by atoms with E-state index in [2.05, 4.69) is 30.4 Å². The van der Waals surface area contributed by atoms with E-state index >= 15 is 0 Å². The summed E-state index contributed by atoms with van der Waals surface area (Å²) in [5, 5.41) is 9.88. The molecule has 2 aromatic carbocycles. The average molecular weight is 474 g/mol. The molecule has 1 N–H and O–H groups in total. The number of para-hydroxylation sites is 1. The molecule has 0 atom stereocenters. The van der Waals surface area contributed by atoms with Gasteiger partial charge in [-0.1, -0.05) is 12.1 Å². The molecule has 5 aromatic heterocycles. The molecule has 11 heteroatoms. The van der Waals surface area contributed by atoms with Gasteiger partial charge >= 0.3 is 0 Å². The van der Waals surface area contributed by atoms with Gasteiger partial charge in [0.25, 0.3) is 5.56 Å². The van der Waals surface area contributed by atoms with Crippen molar-refractivity contribution in [2.45, 2.75) is 13.5 Å². The van der Waals surface area contributed by atoms with Crippen molar-refractivity contribution in [2.75, 3.05) is 5.32 Å². The van der Waals surface area contributed by atoms with Gasteiger partial charge in [-0.2, -0.15) is 14.6 Å². The van der Waals surface area contributed by atoms with Crippen LogP contribution in [-0.4, -0.2) is 43.9 Å². The first kappa shape index (κ1) is 20.2. The van der Waals surface area contributed by atoms with Gasteiger partial charge in [-0.3, -0.25) is 9.48 Å². The maximum atomic E-state index is 13.6. The number of aryl methyl sites for hydroxylation is 1. The van der Waals surface area contributed by atoms with Crippen LogP contribution < -0.4 is 10.9 Å². The summed E-state index contributed by atoms with van der Waals surface area (Å²) >= 11 is 0. The maximum absolute atomic E-state index is 13.6. The minimum atomic E-state index is -0.309. The summed E-state index contributed by atoms with van der Waals surface area (Å²) < 4.78 is 5.02. The molecule has 7 aromatic rings. The summed E-state index contributed by atoms with van der Waals surface area (Å²) in [5.74, 6) is 0.704. The van der Waals surface area contributed by atoms with Crippen molar-refractivity contribution < 1.29 is 0 Å². The van der Waals surface area contributed by atoms with E-state index in [0.717, 1.165) is 34.0 Å². The lowest BCUT2D eigenvalue weighted by atomic mass is 10.2. The molecule has 0 saturated carbocycles. The number of benzene rings is 2. The molecule has 0 aliphatic heterocycles. The molecule has 0 bridgehead atoms. The second kappa shape index (κ2) is 7.67.